The summed E-state index contributed by atoms with van der Waals surface area (Å²) in [5, 5.41) is 37.1. The molecular formula is C41H53Cl2N5O5. The van der Waals surface area contributed by atoms with Gasteiger partial charge < -0.3 is 35.1 Å². The van der Waals surface area contributed by atoms with E-state index in [0.717, 1.165) is 80.5 Å². The van der Waals surface area contributed by atoms with E-state index in [4.69, 9.17) is 37.4 Å². The molecule has 2 aromatic rings. The second kappa shape index (κ2) is 19.4. The van der Waals surface area contributed by atoms with Crippen molar-refractivity contribution in [3.05, 3.63) is 97.4 Å². The van der Waals surface area contributed by atoms with Crippen LogP contribution in [-0.2, 0) is 17.9 Å². The van der Waals surface area contributed by atoms with Crippen LogP contribution < -0.4 is 20.1 Å². The smallest absolute Gasteiger partial charge is 0.142 e. The predicted molar refractivity (Wildman–Crippen MR) is 209 cm³/mol. The molecule has 1 aromatic heterocycles. The summed E-state index contributed by atoms with van der Waals surface area (Å²) in [6.07, 6.45) is 9.57. The number of aromatic nitrogens is 1. The molecule has 1 aliphatic heterocycles. The van der Waals surface area contributed by atoms with E-state index in [1.165, 1.54) is 28.5 Å². The molecule has 1 aromatic carbocycles. The molecule has 0 amide bonds. The molecular weight excluding hydrogens is 713 g/mol. The van der Waals surface area contributed by atoms with E-state index < -0.39 is 5.54 Å². The molecule has 3 aliphatic rings. The number of hydrogen-bond donors (Lipinski definition) is 4. The summed E-state index contributed by atoms with van der Waals surface area (Å²) in [6, 6.07) is 7.40. The molecule has 10 nitrogen and oxygen atoms in total. The van der Waals surface area contributed by atoms with Crippen LogP contribution in [0.15, 0.2) is 75.6 Å². The zero-order chi connectivity index (χ0) is 38.0. The van der Waals surface area contributed by atoms with Gasteiger partial charge in [0.15, 0.2) is 0 Å². The van der Waals surface area contributed by atoms with Crippen molar-refractivity contribution in [3.63, 3.8) is 0 Å². The van der Waals surface area contributed by atoms with E-state index in [9.17, 15) is 15.5 Å². The molecule has 2 unspecified atom stereocenters. The molecule has 2 atom stereocenters. The van der Waals surface area contributed by atoms with E-state index in [1.807, 2.05) is 0 Å². The van der Waals surface area contributed by atoms with Gasteiger partial charge in [0.2, 0.25) is 0 Å². The molecule has 2 aliphatic carbocycles. The summed E-state index contributed by atoms with van der Waals surface area (Å²) in [7, 11) is 0. The van der Waals surface area contributed by atoms with Crippen LogP contribution in [0.5, 0.6) is 11.5 Å². The molecule has 12 heteroatoms. The van der Waals surface area contributed by atoms with E-state index in [2.05, 4.69) is 59.5 Å². The van der Waals surface area contributed by atoms with Gasteiger partial charge in [-0.05, 0) is 78.5 Å². The number of benzene rings is 1. The fraction of sp³-hybridized carbons (Fsp3) is 0.512. The summed E-state index contributed by atoms with van der Waals surface area (Å²) in [6.45, 7) is 14.8. The first-order chi connectivity index (χ1) is 25.6. The van der Waals surface area contributed by atoms with Gasteiger partial charge in [0, 0.05) is 73.9 Å². The average Bonchev–Trinajstić information content (AvgIpc) is 3.17. The maximum atomic E-state index is 9.84. The van der Waals surface area contributed by atoms with E-state index in [-0.39, 0.29) is 38.2 Å². The third-order valence-corrected chi connectivity index (χ3v) is 11.2. The number of nitrogens with zero attached hydrogens (tertiary/aromatic N) is 3. The van der Waals surface area contributed by atoms with Crippen molar-refractivity contribution in [2.45, 2.75) is 59.2 Å². The van der Waals surface area contributed by atoms with Crippen molar-refractivity contribution in [2.75, 3.05) is 65.8 Å². The zero-order valence-electron chi connectivity index (χ0n) is 31.3. The van der Waals surface area contributed by atoms with E-state index >= 15 is 0 Å². The third-order valence-electron chi connectivity index (χ3n) is 10.4. The highest BCUT2D eigenvalue weighted by Crippen LogP contribution is 2.43. The highest BCUT2D eigenvalue weighted by atomic mass is 35.5. The molecule has 1 saturated heterocycles. The molecule has 0 spiro atoms. The minimum Gasteiger partial charge on any atom is -0.488 e. The molecule has 1 fully saturated rings. The number of allylic oxidation sites excluding steroid dienone is 5. The van der Waals surface area contributed by atoms with E-state index in [0.29, 0.717) is 28.7 Å². The summed E-state index contributed by atoms with van der Waals surface area (Å²) >= 11 is 14.1. The number of rotatable bonds is 17. The highest BCUT2D eigenvalue weighted by molar-refractivity contribution is 6.33. The number of hydrogen-bond acceptors (Lipinski definition) is 10. The Kier molecular flexibility index (Phi) is 15.0. The van der Waals surface area contributed by atoms with Gasteiger partial charge in [-0.3, -0.25) is 9.88 Å². The minimum absolute atomic E-state index is 0.164. The number of halogens is 2. The van der Waals surface area contributed by atoms with Crippen molar-refractivity contribution in [2.24, 2.45) is 11.8 Å². The van der Waals surface area contributed by atoms with Crippen LogP contribution in [0.3, 0.4) is 0 Å². The SMILES string of the molecule is CC1=C(COc2cc(OCc3cncc(C#N)c3)c(CNC(C)(CO)CO)cc2Cl)C(C)CC=C1C1=C(Cl)C(CNCCN2CCOCC2)=CCC1C. The van der Waals surface area contributed by atoms with Gasteiger partial charge in [0.05, 0.1) is 42.6 Å². The van der Waals surface area contributed by atoms with Crippen molar-refractivity contribution in [1.29, 1.82) is 5.26 Å². The van der Waals surface area contributed by atoms with Gasteiger partial charge in [0.25, 0.3) is 0 Å². The van der Waals surface area contributed by atoms with Gasteiger partial charge in [-0.15, -0.1) is 0 Å². The monoisotopic (exact) mass is 765 g/mol. The molecule has 53 heavy (non-hydrogen) atoms. The zero-order valence-corrected chi connectivity index (χ0v) is 32.8. The van der Waals surface area contributed by atoms with Crippen LogP contribution in [0.4, 0.5) is 0 Å². The largest absolute Gasteiger partial charge is 0.488 e. The summed E-state index contributed by atoms with van der Waals surface area (Å²) in [4.78, 5) is 6.57. The molecule has 0 radical (unpaired) electrons. The Morgan fingerprint density at radius 3 is 2.47 bits per heavy atom. The summed E-state index contributed by atoms with van der Waals surface area (Å²) in [5.41, 5.74) is 6.90. The quantitative estimate of drug-likeness (QED) is 0.141. The standard InChI is InChI=1S/C41H53Cl2N5O5/c1-27-6-8-34(39-28(2)5-7-32(40(39)43)21-45-9-10-48-11-13-51-14-12-48)29(3)35(27)24-53-38-17-37(52-23-31-15-30(18-44)19-46-20-31)33(16-36(38)42)22-47-41(4,25-49)26-50/h7-8,15-17,19-20,27-28,45,47,49-50H,5-6,9-14,21-26H2,1-4H3. The van der Waals surface area contributed by atoms with Gasteiger partial charge in [-0.25, -0.2) is 0 Å². The first-order valence-corrected chi connectivity index (χ1v) is 19.2. The van der Waals surface area contributed by atoms with Crippen molar-refractivity contribution < 1.29 is 24.4 Å². The van der Waals surface area contributed by atoms with Crippen molar-refractivity contribution >= 4 is 23.2 Å². The number of morpholine rings is 1. The molecule has 0 saturated carbocycles. The van der Waals surface area contributed by atoms with Crippen molar-refractivity contribution in [3.8, 4) is 17.6 Å². The van der Waals surface area contributed by atoms with Gasteiger partial charge in [-0.2, -0.15) is 5.26 Å². The topological polar surface area (TPSA) is 132 Å². The Bertz CT molecular complexity index is 1760. The Hall–Kier alpha value is -3.24. The predicted octanol–water partition coefficient (Wildman–Crippen LogP) is 6.06. The van der Waals surface area contributed by atoms with Crippen LogP contribution in [0, 0.1) is 23.2 Å². The Morgan fingerprint density at radius 2 is 1.74 bits per heavy atom. The Labute approximate surface area is 324 Å². The first-order valence-electron chi connectivity index (χ1n) is 18.4. The summed E-state index contributed by atoms with van der Waals surface area (Å²) < 4.78 is 18.2. The van der Waals surface area contributed by atoms with Crippen LogP contribution in [0.2, 0.25) is 5.02 Å². The summed E-state index contributed by atoms with van der Waals surface area (Å²) in [5.74, 6) is 1.55. The second-order valence-corrected chi connectivity index (χ2v) is 15.3. The lowest BCUT2D eigenvalue weighted by atomic mass is 9.76. The van der Waals surface area contributed by atoms with Crippen molar-refractivity contribution in [1.82, 2.24) is 20.5 Å². The third kappa shape index (κ3) is 10.7. The Balaban J connectivity index is 1.33. The fourth-order valence-corrected chi connectivity index (χ4v) is 7.48. The number of aliphatic hydroxyl groups is 2. The maximum Gasteiger partial charge on any atom is 0.142 e. The molecule has 286 valence electrons. The average molecular weight is 767 g/mol. The normalized spacial score (nSPS) is 19.9. The number of nitriles is 1. The molecule has 5 rings (SSSR count). The van der Waals surface area contributed by atoms with Crippen LogP contribution in [0.1, 0.15) is 57.2 Å². The van der Waals surface area contributed by atoms with Crippen LogP contribution in [0.25, 0.3) is 0 Å². The maximum absolute atomic E-state index is 9.84. The van der Waals surface area contributed by atoms with Crippen LogP contribution in [-0.4, -0.2) is 91.4 Å². The lowest BCUT2D eigenvalue weighted by molar-refractivity contribution is 0.0385. The van der Waals surface area contributed by atoms with Gasteiger partial charge >= 0.3 is 0 Å². The molecule has 0 bridgehead atoms. The Morgan fingerprint density at radius 1 is 1.00 bits per heavy atom. The lowest BCUT2D eigenvalue weighted by Gasteiger charge is -2.31. The van der Waals surface area contributed by atoms with Gasteiger partial charge in [0.1, 0.15) is 30.8 Å². The molecule has 4 N–H and O–H groups in total. The second-order valence-electron chi connectivity index (χ2n) is 14.5. The highest BCUT2D eigenvalue weighted by Gasteiger charge is 2.29. The lowest BCUT2D eigenvalue weighted by Crippen LogP contribution is -2.48. The number of pyridine rings is 1. The molecule has 2 heterocycles. The number of aliphatic hydroxyl groups excluding tert-OH is 2. The number of nitrogens with one attached hydrogen (secondary N) is 2. The van der Waals surface area contributed by atoms with E-state index in [1.54, 1.807) is 31.3 Å². The number of ether oxygens (including phenoxy) is 3. The fourth-order valence-electron chi connectivity index (χ4n) is 6.80. The first kappa shape index (κ1) is 40.9. The van der Waals surface area contributed by atoms with Crippen LogP contribution >= 0.6 is 23.2 Å². The minimum atomic E-state index is -0.902. The van der Waals surface area contributed by atoms with Gasteiger partial charge in [-0.1, -0.05) is 49.2 Å².